The van der Waals surface area contributed by atoms with Crippen molar-refractivity contribution in [1.29, 1.82) is 0 Å². The molecule has 0 spiro atoms. The van der Waals surface area contributed by atoms with Crippen LogP contribution in [0, 0.1) is 16.0 Å². The number of fused-ring (bicyclic) bond motifs is 3. The van der Waals surface area contributed by atoms with Gasteiger partial charge in [-0.25, -0.2) is 0 Å². The van der Waals surface area contributed by atoms with Crippen molar-refractivity contribution in [3.63, 3.8) is 0 Å². The first-order valence-electron chi connectivity index (χ1n) is 6.34. The third-order valence-corrected chi connectivity index (χ3v) is 4.10. The monoisotopic (exact) mass is 262 g/mol. The first-order chi connectivity index (χ1) is 9.08. The van der Waals surface area contributed by atoms with Crippen LogP contribution in [0.1, 0.15) is 18.4 Å². The van der Waals surface area contributed by atoms with Gasteiger partial charge in [-0.3, -0.25) is 14.9 Å². The number of carbonyl (C=O) groups is 1. The molecule has 1 aromatic rings. The highest BCUT2D eigenvalue weighted by molar-refractivity contribution is 5.75. The molecule has 0 bridgehead atoms. The van der Waals surface area contributed by atoms with Gasteiger partial charge in [-0.2, -0.15) is 0 Å². The van der Waals surface area contributed by atoms with Crippen LogP contribution in [0.4, 0.5) is 11.4 Å². The maximum absolute atomic E-state index is 11.4. The molecule has 1 aromatic carbocycles. The summed E-state index contributed by atoms with van der Waals surface area (Å²) in [5.41, 5.74) is 1.77. The lowest BCUT2D eigenvalue weighted by atomic mass is 9.85. The van der Waals surface area contributed by atoms with Gasteiger partial charge < -0.3 is 10.0 Å². The van der Waals surface area contributed by atoms with Crippen LogP contribution in [0.15, 0.2) is 18.2 Å². The van der Waals surface area contributed by atoms with Crippen LogP contribution in [0.3, 0.4) is 0 Å². The molecule has 0 amide bonds. The first kappa shape index (κ1) is 12.0. The van der Waals surface area contributed by atoms with Crippen molar-refractivity contribution < 1.29 is 14.8 Å². The second-order valence-electron chi connectivity index (χ2n) is 5.12. The Labute approximate surface area is 109 Å². The number of benzene rings is 1. The molecular formula is C13H14N2O4. The molecule has 19 heavy (non-hydrogen) atoms. The van der Waals surface area contributed by atoms with Gasteiger partial charge in [0.15, 0.2) is 0 Å². The van der Waals surface area contributed by atoms with Crippen molar-refractivity contribution in [1.82, 2.24) is 0 Å². The summed E-state index contributed by atoms with van der Waals surface area (Å²) in [6.07, 6.45) is 2.24. The number of nitro groups is 1. The third kappa shape index (κ3) is 1.83. The van der Waals surface area contributed by atoms with E-state index in [0.717, 1.165) is 30.6 Å². The summed E-state index contributed by atoms with van der Waals surface area (Å²) in [5, 5.41) is 20.1. The predicted octanol–water partition coefficient (Wildman–Crippen LogP) is 1.82. The quantitative estimate of drug-likeness (QED) is 0.649. The van der Waals surface area contributed by atoms with Gasteiger partial charge in [0, 0.05) is 30.4 Å². The Hall–Kier alpha value is -2.11. The van der Waals surface area contributed by atoms with E-state index in [-0.39, 0.29) is 11.7 Å². The number of carboxylic acid groups (broad SMARTS) is 1. The van der Waals surface area contributed by atoms with Crippen LogP contribution in [-0.2, 0) is 11.2 Å². The summed E-state index contributed by atoms with van der Waals surface area (Å²) < 4.78 is 0. The molecule has 1 fully saturated rings. The van der Waals surface area contributed by atoms with Crippen molar-refractivity contribution in [2.45, 2.75) is 25.3 Å². The van der Waals surface area contributed by atoms with Gasteiger partial charge in [0.05, 0.1) is 10.8 Å². The van der Waals surface area contributed by atoms with E-state index in [1.165, 1.54) is 12.1 Å². The lowest BCUT2D eigenvalue weighted by molar-refractivity contribution is -0.384. The third-order valence-electron chi connectivity index (χ3n) is 4.10. The van der Waals surface area contributed by atoms with E-state index < -0.39 is 16.8 Å². The molecule has 2 heterocycles. The van der Waals surface area contributed by atoms with E-state index in [2.05, 4.69) is 4.90 Å². The second-order valence-corrected chi connectivity index (χ2v) is 5.12. The molecule has 0 aromatic heterocycles. The summed E-state index contributed by atoms with van der Waals surface area (Å²) in [7, 11) is 0. The number of nitro benzene ring substituents is 1. The molecule has 2 aliphatic heterocycles. The molecule has 100 valence electrons. The van der Waals surface area contributed by atoms with Crippen LogP contribution in [0.2, 0.25) is 0 Å². The van der Waals surface area contributed by atoms with Crippen LogP contribution < -0.4 is 4.90 Å². The average Bonchev–Trinajstić information content (AvgIpc) is 2.85. The zero-order valence-electron chi connectivity index (χ0n) is 10.3. The molecule has 0 aliphatic carbocycles. The summed E-state index contributed by atoms with van der Waals surface area (Å²) in [5.74, 6) is -1.27. The summed E-state index contributed by atoms with van der Waals surface area (Å²) >= 11 is 0. The Morgan fingerprint density at radius 2 is 2.26 bits per heavy atom. The van der Waals surface area contributed by atoms with Gasteiger partial charge >= 0.3 is 5.97 Å². The maximum Gasteiger partial charge on any atom is 0.308 e. The number of hydrogen-bond acceptors (Lipinski definition) is 4. The van der Waals surface area contributed by atoms with Gasteiger partial charge in [-0.05, 0) is 30.9 Å². The first-order valence-corrected chi connectivity index (χ1v) is 6.34. The fraction of sp³-hybridized carbons (Fsp3) is 0.462. The largest absolute Gasteiger partial charge is 0.481 e. The number of hydrogen-bond donors (Lipinski definition) is 1. The van der Waals surface area contributed by atoms with Gasteiger partial charge in [-0.1, -0.05) is 0 Å². The Kier molecular flexibility index (Phi) is 2.66. The SMILES string of the molecule is O=C(O)C1Cc2cc([N+](=O)[O-])ccc2N2CCCC12. The van der Waals surface area contributed by atoms with Crippen LogP contribution in [-0.4, -0.2) is 28.6 Å². The van der Waals surface area contributed by atoms with E-state index in [1.54, 1.807) is 6.07 Å². The molecule has 3 rings (SSSR count). The van der Waals surface area contributed by atoms with Crippen molar-refractivity contribution >= 4 is 17.3 Å². The highest BCUT2D eigenvalue weighted by Crippen LogP contribution is 2.40. The maximum atomic E-state index is 11.4. The van der Waals surface area contributed by atoms with Gasteiger partial charge in [0.1, 0.15) is 0 Å². The molecule has 2 unspecified atom stereocenters. The Morgan fingerprint density at radius 3 is 2.95 bits per heavy atom. The fourth-order valence-corrected chi connectivity index (χ4v) is 3.26. The number of rotatable bonds is 2. The van der Waals surface area contributed by atoms with Gasteiger partial charge in [-0.15, -0.1) is 0 Å². The zero-order valence-corrected chi connectivity index (χ0v) is 10.3. The van der Waals surface area contributed by atoms with Crippen molar-refractivity contribution in [3.05, 3.63) is 33.9 Å². The van der Waals surface area contributed by atoms with Crippen LogP contribution >= 0.6 is 0 Å². The second kappa shape index (κ2) is 4.22. The van der Waals surface area contributed by atoms with Crippen LogP contribution in [0.5, 0.6) is 0 Å². The number of aliphatic carboxylic acids is 1. The minimum absolute atomic E-state index is 0.0283. The lowest BCUT2D eigenvalue weighted by Crippen LogP contribution is -2.44. The summed E-state index contributed by atoms with van der Waals surface area (Å²) in [6, 6.07) is 4.80. The smallest absolute Gasteiger partial charge is 0.308 e. The minimum atomic E-state index is -0.811. The fourth-order valence-electron chi connectivity index (χ4n) is 3.26. The van der Waals surface area contributed by atoms with E-state index >= 15 is 0 Å². The molecule has 6 nitrogen and oxygen atoms in total. The lowest BCUT2D eigenvalue weighted by Gasteiger charge is -2.37. The Morgan fingerprint density at radius 1 is 1.47 bits per heavy atom. The van der Waals surface area contributed by atoms with E-state index in [9.17, 15) is 20.0 Å². The summed E-state index contributed by atoms with van der Waals surface area (Å²) in [6.45, 7) is 0.833. The molecule has 0 radical (unpaired) electrons. The highest BCUT2D eigenvalue weighted by atomic mass is 16.6. The Balaban J connectivity index is 2.05. The van der Waals surface area contributed by atoms with Crippen molar-refractivity contribution in [2.24, 2.45) is 5.92 Å². The molecule has 2 atom stereocenters. The van der Waals surface area contributed by atoms with Gasteiger partial charge in [0.2, 0.25) is 0 Å². The normalized spacial score (nSPS) is 24.7. The average molecular weight is 262 g/mol. The van der Waals surface area contributed by atoms with Crippen LogP contribution in [0.25, 0.3) is 0 Å². The van der Waals surface area contributed by atoms with E-state index in [4.69, 9.17) is 0 Å². The minimum Gasteiger partial charge on any atom is -0.481 e. The topological polar surface area (TPSA) is 83.7 Å². The highest BCUT2D eigenvalue weighted by Gasteiger charge is 2.41. The molecule has 2 aliphatic rings. The molecule has 1 saturated heterocycles. The molecular weight excluding hydrogens is 248 g/mol. The zero-order chi connectivity index (χ0) is 13.6. The summed E-state index contributed by atoms with van der Waals surface area (Å²) in [4.78, 5) is 23.8. The number of anilines is 1. The van der Waals surface area contributed by atoms with E-state index in [1.807, 2.05) is 0 Å². The van der Waals surface area contributed by atoms with E-state index in [0.29, 0.717) is 6.42 Å². The Bertz CT molecular complexity index is 558. The number of carboxylic acids is 1. The van der Waals surface area contributed by atoms with Crippen molar-refractivity contribution in [2.75, 3.05) is 11.4 Å². The molecule has 6 heteroatoms. The molecule has 0 saturated carbocycles. The number of non-ortho nitro benzene ring substituents is 1. The number of nitrogens with zero attached hydrogens (tertiary/aromatic N) is 2. The molecule has 1 N–H and O–H groups in total. The predicted molar refractivity (Wildman–Crippen MR) is 68.3 cm³/mol. The standard InChI is InChI=1S/C13H14N2O4/c16-13(17)10-7-8-6-9(15(18)19)3-4-11(8)14-5-1-2-12(10)14/h3-4,6,10,12H,1-2,5,7H2,(H,16,17). The van der Waals surface area contributed by atoms with Gasteiger partial charge in [0.25, 0.3) is 5.69 Å². The van der Waals surface area contributed by atoms with Crippen molar-refractivity contribution in [3.8, 4) is 0 Å².